The lowest BCUT2D eigenvalue weighted by molar-refractivity contribution is 0.000565. The number of aromatic nitrogens is 1. The van der Waals surface area contributed by atoms with Crippen LogP contribution < -0.4 is 10.5 Å². The van der Waals surface area contributed by atoms with Gasteiger partial charge in [-0.25, -0.2) is 9.37 Å². The van der Waals surface area contributed by atoms with E-state index >= 15 is 0 Å². The van der Waals surface area contributed by atoms with Crippen molar-refractivity contribution in [2.24, 2.45) is 5.73 Å². The van der Waals surface area contributed by atoms with Crippen LogP contribution in [0, 0.1) is 5.82 Å². The number of benzene rings is 1. The molecule has 0 spiro atoms. The van der Waals surface area contributed by atoms with Crippen molar-refractivity contribution in [2.75, 3.05) is 13.7 Å². The second-order valence-corrected chi connectivity index (χ2v) is 5.72. The summed E-state index contributed by atoms with van der Waals surface area (Å²) >= 11 is 0. The highest BCUT2D eigenvalue weighted by Crippen LogP contribution is 2.25. The van der Waals surface area contributed by atoms with Gasteiger partial charge in [0.05, 0.1) is 18.7 Å². The molecule has 1 aliphatic rings. The van der Waals surface area contributed by atoms with Crippen molar-refractivity contribution < 1.29 is 13.9 Å². The number of nitrogens with two attached hydrogens (primary N) is 1. The molecule has 0 saturated carbocycles. The Labute approximate surface area is 129 Å². The van der Waals surface area contributed by atoms with Gasteiger partial charge < -0.3 is 15.2 Å². The maximum Gasteiger partial charge on any atom is 0.213 e. The van der Waals surface area contributed by atoms with E-state index in [1.807, 2.05) is 6.07 Å². The maximum absolute atomic E-state index is 14.3. The molecule has 1 aliphatic heterocycles. The number of rotatable bonds is 4. The van der Waals surface area contributed by atoms with E-state index in [9.17, 15) is 4.39 Å². The molecule has 0 bridgehead atoms. The fraction of sp³-hybridized carbons (Fsp3) is 0.471. The van der Waals surface area contributed by atoms with Crippen LogP contribution in [-0.2, 0) is 11.2 Å². The summed E-state index contributed by atoms with van der Waals surface area (Å²) in [4.78, 5) is 4.39. The minimum absolute atomic E-state index is 0.00554. The Morgan fingerprint density at radius 1 is 1.36 bits per heavy atom. The number of fused-ring (bicyclic) bond motifs is 1. The van der Waals surface area contributed by atoms with E-state index in [1.165, 1.54) is 6.07 Å². The molecule has 4 nitrogen and oxygen atoms in total. The third kappa shape index (κ3) is 3.05. The molecule has 118 valence electrons. The van der Waals surface area contributed by atoms with Crippen molar-refractivity contribution in [2.45, 2.75) is 37.8 Å². The highest BCUT2D eigenvalue weighted by molar-refractivity contribution is 5.82. The molecule has 2 N–H and O–H groups in total. The van der Waals surface area contributed by atoms with Crippen molar-refractivity contribution >= 4 is 10.9 Å². The molecule has 0 radical (unpaired) electrons. The molecule has 1 aromatic carbocycles. The fourth-order valence-electron chi connectivity index (χ4n) is 2.98. The van der Waals surface area contributed by atoms with Crippen LogP contribution in [0.4, 0.5) is 4.39 Å². The molecule has 5 heteroatoms. The van der Waals surface area contributed by atoms with Crippen molar-refractivity contribution in [3.05, 3.63) is 35.6 Å². The molecule has 2 atom stereocenters. The Morgan fingerprint density at radius 3 is 2.91 bits per heavy atom. The maximum atomic E-state index is 14.3. The third-order valence-corrected chi connectivity index (χ3v) is 4.23. The zero-order chi connectivity index (χ0) is 15.5. The number of ether oxygens (including phenoxy) is 2. The van der Waals surface area contributed by atoms with Gasteiger partial charge in [0.1, 0.15) is 5.82 Å². The molecule has 1 aromatic heterocycles. The Balaban J connectivity index is 1.92. The Hall–Kier alpha value is -1.72. The number of halogens is 1. The zero-order valence-electron chi connectivity index (χ0n) is 12.7. The highest BCUT2D eigenvalue weighted by Gasteiger charge is 2.23. The van der Waals surface area contributed by atoms with E-state index in [-0.39, 0.29) is 18.0 Å². The van der Waals surface area contributed by atoms with Crippen LogP contribution in [0.3, 0.4) is 0 Å². The van der Waals surface area contributed by atoms with Crippen molar-refractivity contribution in [3.63, 3.8) is 0 Å². The lowest BCUT2D eigenvalue weighted by Crippen LogP contribution is -2.40. The Kier molecular flexibility index (Phi) is 4.55. The molecule has 2 heterocycles. The quantitative estimate of drug-likeness (QED) is 0.943. The summed E-state index contributed by atoms with van der Waals surface area (Å²) in [5.74, 6) is 0.196. The van der Waals surface area contributed by atoms with Crippen molar-refractivity contribution in [1.82, 2.24) is 4.98 Å². The predicted molar refractivity (Wildman–Crippen MR) is 83.5 cm³/mol. The van der Waals surface area contributed by atoms with E-state index in [1.54, 1.807) is 19.2 Å². The molecule has 0 aliphatic carbocycles. The average Bonchev–Trinajstić information content (AvgIpc) is 2.57. The van der Waals surface area contributed by atoms with Gasteiger partial charge >= 0.3 is 0 Å². The van der Waals surface area contributed by atoms with E-state index < -0.39 is 0 Å². The molecular weight excluding hydrogens is 283 g/mol. The zero-order valence-corrected chi connectivity index (χ0v) is 12.7. The van der Waals surface area contributed by atoms with Crippen molar-refractivity contribution in [1.29, 1.82) is 0 Å². The third-order valence-electron chi connectivity index (χ3n) is 4.23. The SMILES string of the molecule is COc1ccc2ccc(F)c(CC(N)C3CCCCO3)c2n1. The van der Waals surface area contributed by atoms with Gasteiger partial charge in [0.2, 0.25) is 5.88 Å². The summed E-state index contributed by atoms with van der Waals surface area (Å²) in [5.41, 5.74) is 7.42. The molecular formula is C17H21FN2O2. The lowest BCUT2D eigenvalue weighted by Gasteiger charge is -2.28. The van der Waals surface area contributed by atoms with Gasteiger partial charge in [0.25, 0.3) is 0 Å². The van der Waals surface area contributed by atoms with E-state index in [0.717, 1.165) is 31.3 Å². The Morgan fingerprint density at radius 2 is 2.18 bits per heavy atom. The number of hydrogen-bond donors (Lipinski definition) is 1. The molecule has 1 saturated heterocycles. The second kappa shape index (κ2) is 6.58. The van der Waals surface area contributed by atoms with Gasteiger partial charge in [0.15, 0.2) is 0 Å². The normalized spacial score (nSPS) is 20.0. The summed E-state index contributed by atoms with van der Waals surface area (Å²) in [6.45, 7) is 0.739. The summed E-state index contributed by atoms with van der Waals surface area (Å²) in [7, 11) is 1.55. The average molecular weight is 304 g/mol. The van der Waals surface area contributed by atoms with Crippen LogP contribution >= 0.6 is 0 Å². The molecule has 1 fully saturated rings. The topological polar surface area (TPSA) is 57.4 Å². The van der Waals surface area contributed by atoms with E-state index in [0.29, 0.717) is 23.4 Å². The molecule has 22 heavy (non-hydrogen) atoms. The number of nitrogens with zero attached hydrogens (tertiary/aromatic N) is 1. The number of methoxy groups -OCH3 is 1. The van der Waals surface area contributed by atoms with Crippen LogP contribution in [0.15, 0.2) is 24.3 Å². The molecule has 3 rings (SSSR count). The van der Waals surface area contributed by atoms with Gasteiger partial charge in [-0.1, -0.05) is 0 Å². The number of pyridine rings is 1. The van der Waals surface area contributed by atoms with Gasteiger partial charge in [-0.3, -0.25) is 0 Å². The number of hydrogen-bond acceptors (Lipinski definition) is 4. The molecule has 2 unspecified atom stereocenters. The van der Waals surface area contributed by atoms with Gasteiger partial charge in [-0.05, 0) is 43.9 Å². The fourth-order valence-corrected chi connectivity index (χ4v) is 2.98. The monoisotopic (exact) mass is 304 g/mol. The van der Waals surface area contributed by atoms with E-state index in [2.05, 4.69) is 4.98 Å². The molecule has 2 aromatic rings. The first-order valence-electron chi connectivity index (χ1n) is 7.68. The van der Waals surface area contributed by atoms with Gasteiger partial charge in [0, 0.05) is 29.7 Å². The first-order valence-corrected chi connectivity index (χ1v) is 7.68. The lowest BCUT2D eigenvalue weighted by atomic mass is 9.95. The minimum atomic E-state index is -0.278. The van der Waals surface area contributed by atoms with Crippen molar-refractivity contribution in [3.8, 4) is 5.88 Å². The highest BCUT2D eigenvalue weighted by atomic mass is 19.1. The van der Waals surface area contributed by atoms with Crippen LogP contribution in [0.25, 0.3) is 10.9 Å². The van der Waals surface area contributed by atoms with Gasteiger partial charge in [-0.2, -0.15) is 0 Å². The summed E-state index contributed by atoms with van der Waals surface area (Å²) in [6, 6.07) is 6.62. The van der Waals surface area contributed by atoms with Crippen LogP contribution in [0.1, 0.15) is 24.8 Å². The minimum Gasteiger partial charge on any atom is -0.481 e. The summed E-state index contributed by atoms with van der Waals surface area (Å²) < 4.78 is 25.2. The second-order valence-electron chi connectivity index (χ2n) is 5.72. The largest absolute Gasteiger partial charge is 0.481 e. The smallest absolute Gasteiger partial charge is 0.213 e. The molecule has 0 amide bonds. The summed E-state index contributed by atoms with van der Waals surface area (Å²) in [6.07, 6.45) is 3.53. The van der Waals surface area contributed by atoms with Gasteiger partial charge in [-0.15, -0.1) is 0 Å². The predicted octanol–water partition coefficient (Wildman–Crippen LogP) is 2.82. The van der Waals surface area contributed by atoms with Crippen LogP contribution in [0.2, 0.25) is 0 Å². The van der Waals surface area contributed by atoms with E-state index in [4.69, 9.17) is 15.2 Å². The first kappa shape index (κ1) is 15.2. The van der Waals surface area contributed by atoms with Crippen LogP contribution in [0.5, 0.6) is 5.88 Å². The standard InChI is InChI=1S/C17H21FN2O2/c1-21-16-8-6-11-5-7-13(18)12(17(11)20-16)10-14(19)15-4-2-3-9-22-15/h5-8,14-15H,2-4,9-10,19H2,1H3. The Bertz CT molecular complexity index is 656. The first-order chi connectivity index (χ1) is 10.7. The van der Waals surface area contributed by atoms with Crippen LogP contribution in [-0.4, -0.2) is 30.8 Å². The summed E-state index contributed by atoms with van der Waals surface area (Å²) in [5, 5.41) is 0.883.